The summed E-state index contributed by atoms with van der Waals surface area (Å²) in [5.41, 5.74) is 3.33. The Labute approximate surface area is 101 Å². The zero-order valence-electron chi connectivity index (χ0n) is 10.1. The lowest BCUT2D eigenvalue weighted by Gasteiger charge is -2.09. The van der Waals surface area contributed by atoms with Crippen molar-refractivity contribution in [3.8, 4) is 11.5 Å². The number of aryl methyl sites for hydroxylation is 2. The molecule has 0 spiro atoms. The van der Waals surface area contributed by atoms with Crippen molar-refractivity contribution in [1.29, 1.82) is 0 Å². The molecule has 0 aliphatic rings. The van der Waals surface area contributed by atoms with Crippen molar-refractivity contribution in [1.82, 2.24) is 0 Å². The predicted octanol–water partition coefficient (Wildman–Crippen LogP) is 3.59. The second-order valence-corrected chi connectivity index (χ2v) is 4.25. The van der Waals surface area contributed by atoms with E-state index in [4.69, 9.17) is 4.74 Å². The van der Waals surface area contributed by atoms with E-state index in [0.29, 0.717) is 12.4 Å². The van der Waals surface area contributed by atoms with Crippen LogP contribution < -0.4 is 4.74 Å². The maximum atomic E-state index is 9.70. The number of benzene rings is 2. The second kappa shape index (κ2) is 4.91. The Kier molecular flexibility index (Phi) is 3.33. The van der Waals surface area contributed by atoms with E-state index >= 15 is 0 Å². The number of ether oxygens (including phenoxy) is 1. The first-order chi connectivity index (χ1) is 8.15. The minimum Gasteiger partial charge on any atom is -0.504 e. The average molecular weight is 228 g/mol. The monoisotopic (exact) mass is 228 g/mol. The fourth-order valence-corrected chi connectivity index (χ4v) is 1.71. The lowest BCUT2D eigenvalue weighted by molar-refractivity contribution is 0.289. The van der Waals surface area contributed by atoms with Crippen molar-refractivity contribution in [2.24, 2.45) is 0 Å². The summed E-state index contributed by atoms with van der Waals surface area (Å²) >= 11 is 0. The maximum absolute atomic E-state index is 9.70. The SMILES string of the molecule is Cc1cccc(COc2ccc(C)cc2O)c1. The third kappa shape index (κ3) is 3.00. The maximum Gasteiger partial charge on any atom is 0.161 e. The van der Waals surface area contributed by atoms with Gasteiger partial charge in [-0.2, -0.15) is 0 Å². The molecule has 0 fully saturated rings. The molecule has 0 aliphatic carbocycles. The fraction of sp³-hybridized carbons (Fsp3) is 0.200. The van der Waals surface area contributed by atoms with Crippen molar-refractivity contribution in [3.05, 3.63) is 59.2 Å². The molecule has 17 heavy (non-hydrogen) atoms. The summed E-state index contributed by atoms with van der Waals surface area (Å²) in [6, 6.07) is 13.6. The van der Waals surface area contributed by atoms with E-state index in [9.17, 15) is 5.11 Å². The third-order valence-electron chi connectivity index (χ3n) is 2.59. The van der Waals surface area contributed by atoms with E-state index in [1.54, 1.807) is 12.1 Å². The van der Waals surface area contributed by atoms with Gasteiger partial charge in [0, 0.05) is 0 Å². The number of phenols is 1. The van der Waals surface area contributed by atoms with Gasteiger partial charge in [-0.25, -0.2) is 0 Å². The molecule has 2 aromatic rings. The van der Waals surface area contributed by atoms with Crippen LogP contribution in [0.2, 0.25) is 0 Å². The van der Waals surface area contributed by atoms with Crippen LogP contribution in [-0.2, 0) is 6.61 Å². The molecule has 2 rings (SSSR count). The largest absolute Gasteiger partial charge is 0.504 e. The van der Waals surface area contributed by atoms with Crippen LogP contribution in [0.4, 0.5) is 0 Å². The van der Waals surface area contributed by atoms with Gasteiger partial charge in [-0.1, -0.05) is 35.9 Å². The van der Waals surface area contributed by atoms with Crippen LogP contribution in [-0.4, -0.2) is 5.11 Å². The second-order valence-electron chi connectivity index (χ2n) is 4.25. The van der Waals surface area contributed by atoms with Gasteiger partial charge in [-0.15, -0.1) is 0 Å². The molecule has 0 aromatic heterocycles. The zero-order chi connectivity index (χ0) is 12.3. The van der Waals surface area contributed by atoms with Crippen LogP contribution in [0.3, 0.4) is 0 Å². The summed E-state index contributed by atoms with van der Waals surface area (Å²) in [6.45, 7) is 4.45. The summed E-state index contributed by atoms with van der Waals surface area (Å²) in [4.78, 5) is 0. The van der Waals surface area contributed by atoms with Crippen LogP contribution in [0.5, 0.6) is 11.5 Å². The Morgan fingerprint density at radius 1 is 1.00 bits per heavy atom. The molecular formula is C15H16O2. The smallest absolute Gasteiger partial charge is 0.161 e. The van der Waals surface area contributed by atoms with E-state index in [2.05, 4.69) is 6.07 Å². The van der Waals surface area contributed by atoms with E-state index in [-0.39, 0.29) is 5.75 Å². The van der Waals surface area contributed by atoms with Gasteiger partial charge in [-0.3, -0.25) is 0 Å². The molecule has 0 radical (unpaired) electrons. The van der Waals surface area contributed by atoms with E-state index in [1.807, 2.05) is 38.1 Å². The van der Waals surface area contributed by atoms with E-state index < -0.39 is 0 Å². The van der Waals surface area contributed by atoms with Crippen LogP contribution in [0, 0.1) is 13.8 Å². The Bertz CT molecular complexity index is 518. The first kappa shape index (κ1) is 11.5. The molecular weight excluding hydrogens is 212 g/mol. The van der Waals surface area contributed by atoms with Gasteiger partial charge in [0.2, 0.25) is 0 Å². The van der Waals surface area contributed by atoms with Gasteiger partial charge < -0.3 is 9.84 Å². The number of rotatable bonds is 3. The summed E-state index contributed by atoms with van der Waals surface area (Å²) in [6.07, 6.45) is 0. The quantitative estimate of drug-likeness (QED) is 0.870. The molecule has 0 unspecified atom stereocenters. The first-order valence-corrected chi connectivity index (χ1v) is 5.63. The molecule has 0 saturated carbocycles. The lowest BCUT2D eigenvalue weighted by Crippen LogP contribution is -1.96. The third-order valence-corrected chi connectivity index (χ3v) is 2.59. The number of phenolic OH excluding ortho intramolecular Hbond substituents is 1. The fourth-order valence-electron chi connectivity index (χ4n) is 1.71. The van der Waals surface area contributed by atoms with Gasteiger partial charge in [0.25, 0.3) is 0 Å². The number of hydrogen-bond acceptors (Lipinski definition) is 2. The highest BCUT2D eigenvalue weighted by Crippen LogP contribution is 2.27. The minimum atomic E-state index is 0.192. The molecule has 2 nitrogen and oxygen atoms in total. The topological polar surface area (TPSA) is 29.5 Å². The summed E-state index contributed by atoms with van der Waals surface area (Å²) in [5, 5.41) is 9.70. The molecule has 1 N–H and O–H groups in total. The molecule has 88 valence electrons. The molecule has 0 aliphatic heterocycles. The van der Waals surface area contributed by atoms with E-state index in [1.165, 1.54) is 5.56 Å². The van der Waals surface area contributed by atoms with Crippen molar-refractivity contribution >= 4 is 0 Å². The Morgan fingerprint density at radius 3 is 2.47 bits per heavy atom. The van der Waals surface area contributed by atoms with E-state index in [0.717, 1.165) is 11.1 Å². The van der Waals surface area contributed by atoms with Crippen LogP contribution in [0.15, 0.2) is 42.5 Å². The molecule has 0 amide bonds. The highest BCUT2D eigenvalue weighted by atomic mass is 16.5. The van der Waals surface area contributed by atoms with Crippen molar-refractivity contribution in [3.63, 3.8) is 0 Å². The Morgan fingerprint density at radius 2 is 1.76 bits per heavy atom. The summed E-state index contributed by atoms with van der Waals surface area (Å²) in [7, 11) is 0. The van der Waals surface area contributed by atoms with Crippen molar-refractivity contribution in [2.45, 2.75) is 20.5 Å². The highest BCUT2D eigenvalue weighted by Gasteiger charge is 2.02. The predicted molar refractivity (Wildman–Crippen MR) is 68.4 cm³/mol. The molecule has 0 bridgehead atoms. The molecule has 0 saturated heterocycles. The molecule has 2 aromatic carbocycles. The summed E-state index contributed by atoms with van der Waals surface area (Å²) < 4.78 is 5.58. The average Bonchev–Trinajstić information content (AvgIpc) is 2.28. The zero-order valence-corrected chi connectivity index (χ0v) is 10.1. The van der Waals surface area contributed by atoms with Crippen LogP contribution in [0.25, 0.3) is 0 Å². The Hall–Kier alpha value is -1.96. The minimum absolute atomic E-state index is 0.192. The number of aromatic hydroxyl groups is 1. The van der Waals surface area contributed by atoms with Gasteiger partial charge in [0.15, 0.2) is 11.5 Å². The molecule has 0 heterocycles. The summed E-state index contributed by atoms with van der Waals surface area (Å²) in [5.74, 6) is 0.717. The van der Waals surface area contributed by atoms with Gasteiger partial charge >= 0.3 is 0 Å². The normalized spacial score (nSPS) is 10.2. The van der Waals surface area contributed by atoms with Crippen LogP contribution >= 0.6 is 0 Å². The van der Waals surface area contributed by atoms with Gasteiger partial charge in [0.1, 0.15) is 6.61 Å². The molecule has 0 atom stereocenters. The lowest BCUT2D eigenvalue weighted by atomic mass is 10.1. The van der Waals surface area contributed by atoms with Gasteiger partial charge in [0.05, 0.1) is 0 Å². The van der Waals surface area contributed by atoms with Crippen molar-refractivity contribution in [2.75, 3.05) is 0 Å². The highest BCUT2D eigenvalue weighted by molar-refractivity contribution is 5.41. The first-order valence-electron chi connectivity index (χ1n) is 5.63. The Balaban J connectivity index is 2.07. The van der Waals surface area contributed by atoms with Crippen LogP contribution in [0.1, 0.15) is 16.7 Å². The number of hydrogen-bond donors (Lipinski definition) is 1. The molecule has 2 heteroatoms. The van der Waals surface area contributed by atoms with Crippen molar-refractivity contribution < 1.29 is 9.84 Å². The standard InChI is InChI=1S/C15H16O2/c1-11-4-3-5-13(8-11)10-17-15-7-6-12(2)9-14(15)16/h3-9,16H,10H2,1-2H3. The van der Waals surface area contributed by atoms with Gasteiger partial charge in [-0.05, 0) is 37.1 Å².